The molecule has 1 saturated heterocycles. The number of aliphatic hydroxyl groups is 1. The number of amides is 2. The van der Waals surface area contributed by atoms with Crippen LogP contribution in [0.4, 0.5) is 0 Å². The molecule has 210 valence electrons. The molecule has 0 saturated carbocycles. The third-order valence-corrected chi connectivity index (χ3v) is 7.76. The molecule has 2 amide bonds. The standard InChI is InChI=1S/C29H32ClN5O5/c1-17-20-7-6-19(28-22(30)14-31-25(34-28)12-18-8-10-40-11-9-18)13-21(20)29(38)35(17)15-26(37)32-24(16-36)23-4-3-5-27(33-23)39-2/h3-7,13-14,17-18,24,36H,8-12,15-16H2,1-2H3,(H,32,37)/t17?,24-/m1/s1. The van der Waals surface area contributed by atoms with Crippen LogP contribution in [-0.2, 0) is 16.0 Å². The second-order valence-electron chi connectivity index (χ2n) is 10.1. The summed E-state index contributed by atoms with van der Waals surface area (Å²) in [6.45, 7) is 2.86. The number of rotatable bonds is 9. The first-order valence-electron chi connectivity index (χ1n) is 13.3. The van der Waals surface area contributed by atoms with Crippen molar-refractivity contribution in [2.45, 2.75) is 38.3 Å². The number of halogens is 1. The first-order chi connectivity index (χ1) is 19.4. The van der Waals surface area contributed by atoms with Gasteiger partial charge in [-0.05, 0) is 43.4 Å². The Morgan fingerprint density at radius 1 is 1.25 bits per heavy atom. The van der Waals surface area contributed by atoms with E-state index in [2.05, 4.69) is 15.3 Å². The number of pyridine rings is 1. The molecule has 1 fully saturated rings. The number of carbonyl (C=O) groups is 2. The molecule has 5 rings (SSSR count). The fraction of sp³-hybridized carbons (Fsp3) is 0.414. The highest BCUT2D eigenvalue weighted by atomic mass is 35.5. The van der Waals surface area contributed by atoms with Crippen LogP contribution in [0.3, 0.4) is 0 Å². The number of methoxy groups -OCH3 is 1. The number of hydrogen-bond donors (Lipinski definition) is 2. The molecule has 2 aliphatic rings. The molecule has 0 aliphatic carbocycles. The van der Waals surface area contributed by atoms with Crippen molar-refractivity contribution in [1.82, 2.24) is 25.2 Å². The number of nitrogens with one attached hydrogen (secondary N) is 1. The van der Waals surface area contributed by atoms with Gasteiger partial charge in [-0.15, -0.1) is 0 Å². The monoisotopic (exact) mass is 565 g/mol. The van der Waals surface area contributed by atoms with E-state index in [0.717, 1.165) is 43.6 Å². The normalized spacial score (nSPS) is 17.9. The number of nitrogens with zero attached hydrogens (tertiary/aromatic N) is 4. The summed E-state index contributed by atoms with van der Waals surface area (Å²) < 4.78 is 10.6. The molecule has 40 heavy (non-hydrogen) atoms. The number of benzene rings is 1. The SMILES string of the molecule is COc1cccc([C@@H](CO)NC(=O)CN2C(=O)c3cc(-c4nc(CC5CCOCC5)ncc4Cl)ccc3C2C)n1. The molecule has 2 N–H and O–H groups in total. The molecule has 3 aromatic rings. The predicted octanol–water partition coefficient (Wildman–Crippen LogP) is 3.54. The van der Waals surface area contributed by atoms with Gasteiger partial charge in [-0.1, -0.05) is 29.8 Å². The van der Waals surface area contributed by atoms with Crippen LogP contribution in [0.5, 0.6) is 5.88 Å². The van der Waals surface area contributed by atoms with Crippen LogP contribution in [0.1, 0.15) is 59.3 Å². The average Bonchev–Trinajstić information content (AvgIpc) is 3.21. The lowest BCUT2D eigenvalue weighted by Gasteiger charge is -2.23. The molecule has 2 atom stereocenters. The maximum Gasteiger partial charge on any atom is 0.255 e. The number of fused-ring (bicyclic) bond motifs is 1. The minimum atomic E-state index is -0.736. The Morgan fingerprint density at radius 3 is 2.80 bits per heavy atom. The second-order valence-corrected chi connectivity index (χ2v) is 10.5. The fourth-order valence-corrected chi connectivity index (χ4v) is 5.42. The zero-order valence-electron chi connectivity index (χ0n) is 22.5. The van der Waals surface area contributed by atoms with E-state index in [0.29, 0.717) is 39.6 Å². The van der Waals surface area contributed by atoms with Gasteiger partial charge in [0.05, 0.1) is 42.2 Å². The van der Waals surface area contributed by atoms with Crippen LogP contribution in [0.25, 0.3) is 11.3 Å². The van der Waals surface area contributed by atoms with Crippen LogP contribution >= 0.6 is 11.6 Å². The highest BCUT2D eigenvalue weighted by Gasteiger charge is 2.36. The van der Waals surface area contributed by atoms with Gasteiger partial charge in [0.25, 0.3) is 5.91 Å². The topological polar surface area (TPSA) is 127 Å². The minimum Gasteiger partial charge on any atom is -0.481 e. The summed E-state index contributed by atoms with van der Waals surface area (Å²) in [6.07, 6.45) is 4.31. The first-order valence-corrected chi connectivity index (χ1v) is 13.7. The maximum atomic E-state index is 13.4. The van der Waals surface area contributed by atoms with Crippen molar-refractivity contribution < 1.29 is 24.2 Å². The van der Waals surface area contributed by atoms with Crippen molar-refractivity contribution in [2.24, 2.45) is 5.92 Å². The smallest absolute Gasteiger partial charge is 0.255 e. The summed E-state index contributed by atoms with van der Waals surface area (Å²) in [6, 6.07) is 9.63. The van der Waals surface area contributed by atoms with Crippen LogP contribution in [0, 0.1) is 5.92 Å². The Kier molecular flexibility index (Phi) is 8.58. The third-order valence-electron chi connectivity index (χ3n) is 7.48. The Hall–Kier alpha value is -3.60. The van der Waals surface area contributed by atoms with E-state index in [1.165, 1.54) is 12.0 Å². The van der Waals surface area contributed by atoms with Gasteiger partial charge in [-0.25, -0.2) is 15.0 Å². The third kappa shape index (κ3) is 5.94. The quantitative estimate of drug-likeness (QED) is 0.403. The zero-order chi connectivity index (χ0) is 28.2. The predicted molar refractivity (Wildman–Crippen MR) is 148 cm³/mol. The highest BCUT2D eigenvalue weighted by Crippen LogP contribution is 2.37. The lowest BCUT2D eigenvalue weighted by atomic mass is 9.96. The molecule has 1 unspecified atom stereocenters. The van der Waals surface area contributed by atoms with Crippen LogP contribution in [0.2, 0.25) is 5.02 Å². The molecule has 0 spiro atoms. The van der Waals surface area contributed by atoms with Crippen LogP contribution in [-0.4, -0.2) is 70.2 Å². The largest absolute Gasteiger partial charge is 0.481 e. The van der Waals surface area contributed by atoms with Crippen molar-refractivity contribution in [1.29, 1.82) is 0 Å². The second kappa shape index (κ2) is 12.3. The van der Waals surface area contributed by atoms with E-state index in [9.17, 15) is 14.7 Å². The summed E-state index contributed by atoms with van der Waals surface area (Å²) in [5.74, 6) is 0.892. The van der Waals surface area contributed by atoms with E-state index in [1.54, 1.807) is 30.5 Å². The van der Waals surface area contributed by atoms with Crippen molar-refractivity contribution in [3.63, 3.8) is 0 Å². The molecular formula is C29H32ClN5O5. The van der Waals surface area contributed by atoms with Crippen molar-refractivity contribution in [3.8, 4) is 17.1 Å². The van der Waals surface area contributed by atoms with Gasteiger partial charge in [0.2, 0.25) is 11.8 Å². The molecule has 10 nitrogen and oxygen atoms in total. The van der Waals surface area contributed by atoms with Gasteiger partial charge in [-0.3, -0.25) is 9.59 Å². The van der Waals surface area contributed by atoms with E-state index in [-0.39, 0.29) is 25.1 Å². The van der Waals surface area contributed by atoms with Crippen molar-refractivity contribution >= 4 is 23.4 Å². The number of hydrogen-bond acceptors (Lipinski definition) is 8. The number of aromatic nitrogens is 3. The highest BCUT2D eigenvalue weighted by molar-refractivity contribution is 6.32. The van der Waals surface area contributed by atoms with E-state index in [4.69, 9.17) is 26.1 Å². The molecule has 0 radical (unpaired) electrons. The summed E-state index contributed by atoms with van der Waals surface area (Å²) >= 11 is 6.49. The van der Waals surface area contributed by atoms with Gasteiger partial charge in [-0.2, -0.15) is 0 Å². The number of ether oxygens (including phenoxy) is 2. The molecule has 0 bridgehead atoms. The summed E-state index contributed by atoms with van der Waals surface area (Å²) in [7, 11) is 1.49. The Bertz CT molecular complexity index is 1400. The fourth-order valence-electron chi connectivity index (χ4n) is 5.22. The zero-order valence-corrected chi connectivity index (χ0v) is 23.2. The van der Waals surface area contributed by atoms with E-state index in [1.807, 2.05) is 19.1 Å². The summed E-state index contributed by atoms with van der Waals surface area (Å²) in [5.41, 5.74) is 3.08. The molecule has 4 heterocycles. The van der Waals surface area contributed by atoms with Gasteiger partial charge in [0.15, 0.2) is 0 Å². The molecule has 2 aromatic heterocycles. The Labute approximate surface area is 237 Å². The summed E-state index contributed by atoms with van der Waals surface area (Å²) in [5, 5.41) is 13.0. The Morgan fingerprint density at radius 2 is 2.05 bits per heavy atom. The van der Waals surface area contributed by atoms with Crippen LogP contribution < -0.4 is 10.1 Å². The number of carbonyl (C=O) groups excluding carboxylic acids is 2. The van der Waals surface area contributed by atoms with E-state index >= 15 is 0 Å². The average molecular weight is 566 g/mol. The summed E-state index contributed by atoms with van der Waals surface area (Å²) in [4.78, 5) is 41.4. The van der Waals surface area contributed by atoms with Gasteiger partial charge in [0.1, 0.15) is 12.4 Å². The minimum absolute atomic E-state index is 0.173. The van der Waals surface area contributed by atoms with Gasteiger partial charge < -0.3 is 24.8 Å². The maximum absolute atomic E-state index is 13.4. The van der Waals surface area contributed by atoms with Gasteiger partial charge in [0, 0.05) is 43.0 Å². The molecule has 2 aliphatic heterocycles. The molecule has 1 aromatic carbocycles. The van der Waals surface area contributed by atoms with E-state index < -0.39 is 11.9 Å². The lowest BCUT2D eigenvalue weighted by Crippen LogP contribution is -2.41. The first kappa shape index (κ1) is 27.9. The van der Waals surface area contributed by atoms with Gasteiger partial charge >= 0.3 is 0 Å². The van der Waals surface area contributed by atoms with Crippen LogP contribution in [0.15, 0.2) is 42.6 Å². The van der Waals surface area contributed by atoms with Crippen molar-refractivity contribution in [3.05, 3.63) is 70.3 Å². The lowest BCUT2D eigenvalue weighted by molar-refractivity contribution is -0.123. The number of aliphatic hydroxyl groups excluding tert-OH is 1. The van der Waals surface area contributed by atoms with Crippen molar-refractivity contribution in [2.75, 3.05) is 33.5 Å². The molecule has 11 heteroatoms. The molecular weight excluding hydrogens is 534 g/mol. The Balaban J connectivity index is 1.30.